The van der Waals surface area contributed by atoms with E-state index in [4.69, 9.17) is 0 Å². The van der Waals surface area contributed by atoms with Gasteiger partial charge in [0.2, 0.25) is 5.91 Å². The average molecular weight is 622 g/mol. The van der Waals surface area contributed by atoms with Gasteiger partial charge in [-0.2, -0.15) is 0 Å². The Kier molecular flexibility index (Phi) is 33.8. The van der Waals surface area contributed by atoms with E-state index in [9.17, 15) is 20.1 Å². The molecule has 1 amide bonds. The molecule has 0 spiro atoms. The number of hydrogen-bond acceptors (Lipinski definition) is 4. The Morgan fingerprint density at radius 1 is 0.545 bits per heavy atom. The van der Waals surface area contributed by atoms with Crippen molar-refractivity contribution in [2.75, 3.05) is 6.61 Å². The normalized spacial score (nSPS) is 14.0. The first-order valence-corrected chi connectivity index (χ1v) is 19.2. The van der Waals surface area contributed by atoms with Crippen LogP contribution in [0.3, 0.4) is 0 Å². The number of carbonyl (C=O) groups excluding carboxylic acids is 1. The van der Waals surface area contributed by atoms with Gasteiger partial charge in [-0.25, -0.2) is 0 Å². The number of nitrogens with one attached hydrogen (secondary N) is 1. The van der Waals surface area contributed by atoms with Crippen LogP contribution in [0.15, 0.2) is 24.3 Å². The monoisotopic (exact) mass is 622 g/mol. The standard InChI is InChI=1S/C39H75NO4/c1-3-5-7-9-11-13-15-16-17-18-19-20-21-22-24-26-28-30-32-34-38(43)39(44)40-36(35-41)37(42)33-31-29-27-25-23-14-12-10-8-6-4-2/h19-20,31,33,36-38,41-43H,3-18,21-30,32,34-35H2,1-2H3,(H,40,44)/b20-19-,33-31+. The quantitative estimate of drug-likeness (QED) is 0.0425. The number of aliphatic hydroxyl groups excluding tert-OH is 3. The predicted molar refractivity (Wildman–Crippen MR) is 190 cm³/mol. The molecule has 0 aliphatic carbocycles. The zero-order chi connectivity index (χ0) is 32.4. The molecule has 0 saturated carbocycles. The molecule has 5 nitrogen and oxygen atoms in total. The number of hydrogen-bond donors (Lipinski definition) is 4. The molecule has 0 fully saturated rings. The highest BCUT2D eigenvalue weighted by atomic mass is 16.3. The zero-order valence-corrected chi connectivity index (χ0v) is 29.3. The molecule has 0 aromatic heterocycles. The van der Waals surface area contributed by atoms with Crippen LogP contribution in [0, 0.1) is 0 Å². The minimum atomic E-state index is -1.10. The zero-order valence-electron chi connectivity index (χ0n) is 29.3. The number of allylic oxidation sites excluding steroid dienone is 3. The van der Waals surface area contributed by atoms with Crippen LogP contribution >= 0.6 is 0 Å². The Bertz CT molecular complexity index is 650. The van der Waals surface area contributed by atoms with Crippen molar-refractivity contribution in [3.05, 3.63) is 24.3 Å². The molecular weight excluding hydrogens is 546 g/mol. The maximum atomic E-state index is 12.4. The van der Waals surface area contributed by atoms with E-state index < -0.39 is 24.2 Å². The number of rotatable bonds is 34. The van der Waals surface area contributed by atoms with Gasteiger partial charge in [0.25, 0.3) is 0 Å². The molecule has 0 aliphatic heterocycles. The van der Waals surface area contributed by atoms with Crippen molar-refractivity contribution < 1.29 is 20.1 Å². The Labute approximate surface area is 273 Å². The molecule has 0 rings (SSSR count). The summed E-state index contributed by atoms with van der Waals surface area (Å²) >= 11 is 0. The van der Waals surface area contributed by atoms with Crippen LogP contribution in [0.2, 0.25) is 0 Å². The summed E-state index contributed by atoms with van der Waals surface area (Å²) in [6, 6.07) is -0.796. The highest BCUT2D eigenvalue weighted by Gasteiger charge is 2.22. The topological polar surface area (TPSA) is 89.8 Å². The molecule has 0 aliphatic rings. The van der Waals surface area contributed by atoms with Gasteiger partial charge in [0.05, 0.1) is 18.8 Å². The van der Waals surface area contributed by atoms with E-state index in [0.29, 0.717) is 6.42 Å². The van der Waals surface area contributed by atoms with Crippen molar-refractivity contribution in [3.8, 4) is 0 Å². The van der Waals surface area contributed by atoms with Crippen LogP contribution in [0.5, 0.6) is 0 Å². The lowest BCUT2D eigenvalue weighted by Crippen LogP contribution is -2.48. The van der Waals surface area contributed by atoms with Gasteiger partial charge < -0.3 is 20.6 Å². The molecule has 0 aromatic rings. The second-order valence-electron chi connectivity index (χ2n) is 13.1. The summed E-state index contributed by atoms with van der Waals surface area (Å²) in [6.45, 7) is 4.15. The molecular formula is C39H75NO4. The van der Waals surface area contributed by atoms with Crippen molar-refractivity contribution in [2.24, 2.45) is 0 Å². The van der Waals surface area contributed by atoms with Gasteiger partial charge in [-0.15, -0.1) is 0 Å². The Morgan fingerprint density at radius 3 is 1.32 bits per heavy atom. The molecule has 0 saturated heterocycles. The van der Waals surface area contributed by atoms with Gasteiger partial charge in [0.1, 0.15) is 6.10 Å². The van der Waals surface area contributed by atoms with Crippen molar-refractivity contribution >= 4 is 5.91 Å². The van der Waals surface area contributed by atoms with Gasteiger partial charge >= 0.3 is 0 Å². The number of carbonyl (C=O) groups is 1. The van der Waals surface area contributed by atoms with Crippen LogP contribution < -0.4 is 5.32 Å². The summed E-state index contributed by atoms with van der Waals surface area (Å²) < 4.78 is 0. The lowest BCUT2D eigenvalue weighted by molar-refractivity contribution is -0.131. The molecule has 260 valence electrons. The summed E-state index contributed by atoms with van der Waals surface area (Å²) in [5.41, 5.74) is 0. The van der Waals surface area contributed by atoms with E-state index in [1.165, 1.54) is 141 Å². The Hall–Kier alpha value is -1.17. The van der Waals surface area contributed by atoms with E-state index in [-0.39, 0.29) is 6.61 Å². The third-order valence-corrected chi connectivity index (χ3v) is 8.79. The second kappa shape index (κ2) is 34.7. The first-order valence-electron chi connectivity index (χ1n) is 19.2. The highest BCUT2D eigenvalue weighted by Crippen LogP contribution is 2.14. The molecule has 0 bridgehead atoms. The molecule has 44 heavy (non-hydrogen) atoms. The summed E-state index contributed by atoms with van der Waals surface area (Å²) in [5, 5.41) is 32.9. The van der Waals surface area contributed by atoms with Gasteiger partial charge in [-0.1, -0.05) is 173 Å². The maximum absolute atomic E-state index is 12.4. The van der Waals surface area contributed by atoms with E-state index >= 15 is 0 Å². The van der Waals surface area contributed by atoms with Crippen LogP contribution in [0.25, 0.3) is 0 Å². The van der Waals surface area contributed by atoms with Crippen molar-refractivity contribution in [2.45, 2.75) is 212 Å². The Morgan fingerprint density at radius 2 is 0.909 bits per heavy atom. The molecule has 4 N–H and O–H groups in total. The first-order chi connectivity index (χ1) is 21.6. The largest absolute Gasteiger partial charge is 0.394 e. The third-order valence-electron chi connectivity index (χ3n) is 8.79. The predicted octanol–water partition coefficient (Wildman–Crippen LogP) is 10.3. The number of aliphatic hydroxyl groups is 3. The van der Waals surface area contributed by atoms with Gasteiger partial charge in [0.15, 0.2) is 0 Å². The van der Waals surface area contributed by atoms with E-state index in [1.807, 2.05) is 6.08 Å². The molecule has 0 aromatic carbocycles. The van der Waals surface area contributed by atoms with E-state index in [2.05, 4.69) is 31.3 Å². The van der Waals surface area contributed by atoms with Crippen LogP contribution in [-0.4, -0.2) is 46.1 Å². The third kappa shape index (κ3) is 29.5. The van der Waals surface area contributed by atoms with Gasteiger partial charge in [-0.3, -0.25) is 4.79 Å². The second-order valence-corrected chi connectivity index (χ2v) is 13.1. The van der Waals surface area contributed by atoms with Crippen LogP contribution in [0.1, 0.15) is 194 Å². The summed E-state index contributed by atoms with van der Waals surface area (Å²) in [5.74, 6) is -0.510. The molecule has 3 unspecified atom stereocenters. The van der Waals surface area contributed by atoms with Gasteiger partial charge in [-0.05, 0) is 44.9 Å². The fourth-order valence-electron chi connectivity index (χ4n) is 5.71. The van der Waals surface area contributed by atoms with Crippen LogP contribution in [0.4, 0.5) is 0 Å². The lowest BCUT2D eigenvalue weighted by atomic mass is 10.0. The smallest absolute Gasteiger partial charge is 0.249 e. The molecule has 0 heterocycles. The van der Waals surface area contributed by atoms with Crippen molar-refractivity contribution in [1.29, 1.82) is 0 Å². The Balaban J connectivity index is 3.71. The molecule has 0 radical (unpaired) electrons. The summed E-state index contributed by atoms with van der Waals surface area (Å²) in [4.78, 5) is 12.4. The summed E-state index contributed by atoms with van der Waals surface area (Å²) in [6.07, 6.45) is 40.5. The fourth-order valence-corrected chi connectivity index (χ4v) is 5.71. The molecule has 3 atom stereocenters. The van der Waals surface area contributed by atoms with Crippen molar-refractivity contribution in [3.63, 3.8) is 0 Å². The highest BCUT2D eigenvalue weighted by molar-refractivity contribution is 5.80. The van der Waals surface area contributed by atoms with E-state index in [1.54, 1.807) is 6.08 Å². The van der Waals surface area contributed by atoms with E-state index in [0.717, 1.165) is 32.1 Å². The average Bonchev–Trinajstić information content (AvgIpc) is 3.03. The molecule has 5 heteroatoms. The minimum Gasteiger partial charge on any atom is -0.394 e. The summed E-state index contributed by atoms with van der Waals surface area (Å²) in [7, 11) is 0. The minimum absolute atomic E-state index is 0.365. The van der Waals surface area contributed by atoms with Crippen molar-refractivity contribution in [1.82, 2.24) is 5.32 Å². The lowest BCUT2D eigenvalue weighted by Gasteiger charge is -2.21. The SMILES string of the molecule is CCCCCCCCCCC/C=C\CCCCCCCCC(O)C(=O)NC(CO)C(O)/C=C/CCCCCCCCCCC. The number of amides is 1. The first kappa shape index (κ1) is 42.8. The fraction of sp³-hybridized carbons (Fsp3) is 0.872. The maximum Gasteiger partial charge on any atom is 0.249 e. The van der Waals surface area contributed by atoms with Gasteiger partial charge in [0, 0.05) is 0 Å². The number of unbranched alkanes of at least 4 members (excludes halogenated alkanes) is 24. The van der Waals surface area contributed by atoms with Crippen LogP contribution in [-0.2, 0) is 4.79 Å².